The van der Waals surface area contributed by atoms with Crippen molar-refractivity contribution in [1.29, 1.82) is 0 Å². The van der Waals surface area contributed by atoms with Gasteiger partial charge in [0, 0.05) is 12.2 Å². The molecule has 0 fully saturated rings. The van der Waals surface area contributed by atoms with Crippen LogP contribution in [0.25, 0.3) is 5.57 Å². The maximum absolute atomic E-state index is 13.6. The highest BCUT2D eigenvalue weighted by molar-refractivity contribution is 6.36. The van der Waals surface area contributed by atoms with E-state index >= 15 is 0 Å². The van der Waals surface area contributed by atoms with Crippen molar-refractivity contribution in [2.24, 2.45) is 0 Å². The van der Waals surface area contributed by atoms with Gasteiger partial charge < -0.3 is 4.90 Å². The zero-order chi connectivity index (χ0) is 22.0. The van der Waals surface area contributed by atoms with Crippen LogP contribution in [0.3, 0.4) is 0 Å². The molecule has 1 aliphatic rings. The number of benzene rings is 3. The molecule has 4 nitrogen and oxygen atoms in total. The van der Waals surface area contributed by atoms with Gasteiger partial charge in [-0.2, -0.15) is 0 Å². The topological polar surface area (TPSA) is 40.6 Å². The fraction of sp³-hybridized carbons (Fsp3) is 0.185. The maximum Gasteiger partial charge on any atom is 0.278 e. The molecule has 0 unspecified atom stereocenters. The van der Waals surface area contributed by atoms with E-state index in [0.29, 0.717) is 17.8 Å². The Bertz CT molecular complexity index is 1150. The van der Waals surface area contributed by atoms with E-state index in [-0.39, 0.29) is 18.4 Å². The first-order chi connectivity index (χ1) is 15.0. The van der Waals surface area contributed by atoms with Gasteiger partial charge >= 0.3 is 0 Å². The van der Waals surface area contributed by atoms with Gasteiger partial charge in [0.05, 0.1) is 12.1 Å². The predicted molar refractivity (Wildman–Crippen MR) is 124 cm³/mol. The molecular formula is C27H26N2O2. The van der Waals surface area contributed by atoms with Crippen LogP contribution in [-0.4, -0.2) is 23.3 Å². The summed E-state index contributed by atoms with van der Waals surface area (Å²) in [5.74, 6) is -0.505. The van der Waals surface area contributed by atoms with Gasteiger partial charge in [-0.3, -0.25) is 14.5 Å². The van der Waals surface area contributed by atoms with Crippen molar-refractivity contribution < 1.29 is 9.59 Å². The normalized spacial score (nSPS) is 13.8. The number of anilines is 1. The zero-order valence-electron chi connectivity index (χ0n) is 18.1. The number of amides is 2. The Labute approximate surface area is 183 Å². The van der Waals surface area contributed by atoms with Gasteiger partial charge in [-0.1, -0.05) is 66.7 Å². The van der Waals surface area contributed by atoms with Gasteiger partial charge in [0.2, 0.25) is 0 Å². The van der Waals surface area contributed by atoms with Crippen molar-refractivity contribution in [1.82, 2.24) is 4.90 Å². The molecular weight excluding hydrogens is 384 g/mol. The molecule has 0 radical (unpaired) electrons. The van der Waals surface area contributed by atoms with Crippen LogP contribution in [0.4, 0.5) is 5.69 Å². The number of hydrogen-bond donors (Lipinski definition) is 0. The lowest BCUT2D eigenvalue weighted by molar-refractivity contribution is -0.137. The number of rotatable bonds is 6. The summed E-state index contributed by atoms with van der Waals surface area (Å²) < 4.78 is 0. The molecule has 0 spiro atoms. The smallest absolute Gasteiger partial charge is 0.278 e. The largest absolute Gasteiger partial charge is 0.337 e. The highest BCUT2D eigenvalue weighted by Gasteiger charge is 2.41. The van der Waals surface area contributed by atoms with Crippen LogP contribution in [0, 0.1) is 13.8 Å². The standard InChI is InChI=1S/C27H26N2O2/c1-4-28(23-13-9-6-10-14-23)25-24(22-16-15-19(2)20(3)17-22)26(30)29(27(25)31)18-21-11-7-5-8-12-21/h5-17H,4,18H2,1-3H3. The van der Waals surface area contributed by atoms with E-state index in [1.807, 2.05) is 105 Å². The van der Waals surface area contributed by atoms with Gasteiger partial charge in [-0.15, -0.1) is 0 Å². The van der Waals surface area contributed by atoms with E-state index < -0.39 is 0 Å². The molecule has 0 N–H and O–H groups in total. The minimum Gasteiger partial charge on any atom is -0.337 e. The summed E-state index contributed by atoms with van der Waals surface area (Å²) in [7, 11) is 0. The predicted octanol–water partition coefficient (Wildman–Crippen LogP) is 5.11. The van der Waals surface area contributed by atoms with Gasteiger partial charge in [-0.25, -0.2) is 0 Å². The van der Waals surface area contributed by atoms with Crippen LogP contribution in [0.5, 0.6) is 0 Å². The lowest BCUT2D eigenvalue weighted by Crippen LogP contribution is -2.34. The van der Waals surface area contributed by atoms with Crippen molar-refractivity contribution in [3.63, 3.8) is 0 Å². The Balaban J connectivity index is 1.85. The molecule has 0 aliphatic carbocycles. The second kappa shape index (κ2) is 8.60. The first kappa shape index (κ1) is 20.6. The summed E-state index contributed by atoms with van der Waals surface area (Å²) >= 11 is 0. The SMILES string of the molecule is CCN(C1=C(c2ccc(C)c(C)c2)C(=O)N(Cc2ccccc2)C1=O)c1ccccc1. The van der Waals surface area contributed by atoms with Crippen LogP contribution in [-0.2, 0) is 16.1 Å². The third kappa shape index (κ3) is 3.89. The quantitative estimate of drug-likeness (QED) is 0.530. The Hall–Kier alpha value is -3.66. The summed E-state index contributed by atoms with van der Waals surface area (Å²) in [4.78, 5) is 30.5. The first-order valence-corrected chi connectivity index (χ1v) is 10.6. The second-order valence-electron chi connectivity index (χ2n) is 7.78. The molecule has 0 aromatic heterocycles. The van der Waals surface area contributed by atoms with E-state index in [4.69, 9.17) is 0 Å². The van der Waals surface area contributed by atoms with E-state index in [2.05, 4.69) is 0 Å². The van der Waals surface area contributed by atoms with Gasteiger partial charge in [0.15, 0.2) is 0 Å². The number of likely N-dealkylation sites (N-methyl/N-ethyl adjacent to an activating group) is 1. The molecule has 1 heterocycles. The minimum absolute atomic E-state index is 0.249. The number of aryl methyl sites for hydroxylation is 2. The molecule has 0 atom stereocenters. The summed E-state index contributed by atoms with van der Waals surface area (Å²) in [6.45, 7) is 6.89. The Morgan fingerprint density at radius 2 is 1.42 bits per heavy atom. The third-order valence-electron chi connectivity index (χ3n) is 5.78. The van der Waals surface area contributed by atoms with E-state index in [1.54, 1.807) is 0 Å². The molecule has 4 rings (SSSR count). The number of imide groups is 1. The summed E-state index contributed by atoms with van der Waals surface area (Å²) in [5, 5.41) is 0. The van der Waals surface area contributed by atoms with E-state index in [1.165, 1.54) is 4.90 Å². The highest BCUT2D eigenvalue weighted by Crippen LogP contribution is 2.35. The number of nitrogens with zero attached hydrogens (tertiary/aromatic N) is 2. The summed E-state index contributed by atoms with van der Waals surface area (Å²) in [6.07, 6.45) is 0. The average molecular weight is 411 g/mol. The molecule has 2 amide bonds. The van der Waals surface area contributed by atoms with Crippen LogP contribution in [0.2, 0.25) is 0 Å². The fourth-order valence-corrected chi connectivity index (χ4v) is 3.96. The Kier molecular flexibility index (Phi) is 5.72. The molecule has 156 valence electrons. The summed E-state index contributed by atoms with van der Waals surface area (Å²) in [6, 6.07) is 25.3. The molecule has 3 aromatic carbocycles. The summed E-state index contributed by atoms with van der Waals surface area (Å²) in [5.41, 5.74) is 5.75. The second-order valence-corrected chi connectivity index (χ2v) is 7.78. The van der Waals surface area contributed by atoms with Crippen molar-refractivity contribution in [3.8, 4) is 0 Å². The van der Waals surface area contributed by atoms with Crippen LogP contribution in [0.1, 0.15) is 29.2 Å². The van der Waals surface area contributed by atoms with E-state index in [0.717, 1.165) is 27.9 Å². The molecule has 0 bridgehead atoms. The molecule has 4 heteroatoms. The van der Waals surface area contributed by atoms with Crippen LogP contribution >= 0.6 is 0 Å². The van der Waals surface area contributed by atoms with Crippen LogP contribution in [0.15, 0.2) is 84.6 Å². The van der Waals surface area contributed by atoms with E-state index in [9.17, 15) is 9.59 Å². The van der Waals surface area contributed by atoms with Gasteiger partial charge in [0.1, 0.15) is 5.70 Å². The monoisotopic (exact) mass is 410 g/mol. The van der Waals surface area contributed by atoms with Crippen molar-refractivity contribution in [2.75, 3.05) is 11.4 Å². The molecule has 31 heavy (non-hydrogen) atoms. The Morgan fingerprint density at radius 1 is 0.774 bits per heavy atom. The lowest BCUT2D eigenvalue weighted by Gasteiger charge is -2.25. The van der Waals surface area contributed by atoms with Crippen molar-refractivity contribution in [3.05, 3.63) is 107 Å². The third-order valence-corrected chi connectivity index (χ3v) is 5.78. The fourth-order valence-electron chi connectivity index (χ4n) is 3.96. The number of carbonyl (C=O) groups is 2. The van der Waals surface area contributed by atoms with Gasteiger partial charge in [-0.05, 0) is 55.2 Å². The molecule has 3 aromatic rings. The van der Waals surface area contributed by atoms with Gasteiger partial charge in [0.25, 0.3) is 11.8 Å². The van der Waals surface area contributed by atoms with Crippen LogP contribution < -0.4 is 4.90 Å². The number of para-hydroxylation sites is 1. The molecule has 0 saturated carbocycles. The van der Waals surface area contributed by atoms with Crippen molar-refractivity contribution >= 4 is 23.1 Å². The first-order valence-electron chi connectivity index (χ1n) is 10.6. The average Bonchev–Trinajstić information content (AvgIpc) is 3.03. The lowest BCUT2D eigenvalue weighted by atomic mass is 9.99. The van der Waals surface area contributed by atoms with Crippen molar-refractivity contribution in [2.45, 2.75) is 27.3 Å². The number of hydrogen-bond acceptors (Lipinski definition) is 3. The maximum atomic E-state index is 13.6. The Morgan fingerprint density at radius 3 is 2.03 bits per heavy atom. The number of carbonyl (C=O) groups excluding carboxylic acids is 2. The highest BCUT2D eigenvalue weighted by atomic mass is 16.2. The zero-order valence-corrected chi connectivity index (χ0v) is 18.1. The molecule has 0 saturated heterocycles. The molecule has 1 aliphatic heterocycles. The minimum atomic E-state index is -0.257.